The summed E-state index contributed by atoms with van der Waals surface area (Å²) in [5.41, 5.74) is 1.56. The molecule has 0 spiro atoms. The van der Waals surface area contributed by atoms with E-state index in [0.29, 0.717) is 33.9 Å². The van der Waals surface area contributed by atoms with Crippen LogP contribution in [-0.4, -0.2) is 17.8 Å². The molecule has 1 heterocycles. The molecule has 0 saturated carbocycles. The lowest BCUT2D eigenvalue weighted by molar-refractivity contribution is -0.481. The molecule has 2 aromatic rings. The highest BCUT2D eigenvalue weighted by molar-refractivity contribution is 6.30. The van der Waals surface area contributed by atoms with Gasteiger partial charge in [0.2, 0.25) is 6.54 Å². The van der Waals surface area contributed by atoms with Gasteiger partial charge in [-0.1, -0.05) is 29.8 Å². The van der Waals surface area contributed by atoms with Crippen LogP contribution in [0.25, 0.3) is 5.76 Å². The Morgan fingerprint density at radius 2 is 1.87 bits per heavy atom. The zero-order chi connectivity index (χ0) is 16.4. The highest BCUT2D eigenvalue weighted by atomic mass is 35.5. The number of halogens is 1. The fourth-order valence-corrected chi connectivity index (χ4v) is 2.79. The largest absolute Gasteiger partial charge is 0.456 e. The third-order valence-electron chi connectivity index (χ3n) is 3.71. The maximum Gasteiger partial charge on any atom is 0.215 e. The molecule has 0 bridgehead atoms. The highest BCUT2D eigenvalue weighted by Gasteiger charge is 2.33. The van der Waals surface area contributed by atoms with Gasteiger partial charge >= 0.3 is 0 Å². The van der Waals surface area contributed by atoms with Crippen molar-refractivity contribution < 1.29 is 14.5 Å². The maximum absolute atomic E-state index is 11.6. The second-order valence-corrected chi connectivity index (χ2v) is 5.55. The van der Waals surface area contributed by atoms with Gasteiger partial charge in [-0.25, -0.2) is 0 Å². The standard InChI is InChI=1S/C17H12ClNO4/c18-12-7-5-11(6-8-12)17-15(10-20)14(9-19(21)22)13-3-1-2-4-16(13)23-17/h1-8,10,14H,9H2/t14-/m1/s1. The van der Waals surface area contributed by atoms with Gasteiger partial charge in [-0.15, -0.1) is 0 Å². The number of rotatable bonds is 4. The first kappa shape index (κ1) is 15.2. The lowest BCUT2D eigenvalue weighted by Gasteiger charge is -2.26. The molecule has 0 N–H and O–H groups in total. The Hall–Kier alpha value is -2.66. The molecule has 2 aromatic carbocycles. The van der Waals surface area contributed by atoms with Crippen LogP contribution in [0, 0.1) is 10.1 Å². The summed E-state index contributed by atoms with van der Waals surface area (Å²) in [7, 11) is 0. The Morgan fingerprint density at radius 3 is 2.52 bits per heavy atom. The van der Waals surface area contributed by atoms with Crippen molar-refractivity contribution >= 4 is 23.6 Å². The van der Waals surface area contributed by atoms with E-state index in [-0.39, 0.29) is 12.1 Å². The molecular formula is C17H12ClNO4. The number of nitro groups is 1. The molecule has 1 aliphatic rings. The molecule has 23 heavy (non-hydrogen) atoms. The lowest BCUT2D eigenvalue weighted by atomic mass is 9.87. The molecule has 6 heteroatoms. The average molecular weight is 330 g/mol. The number of ether oxygens (including phenoxy) is 1. The van der Waals surface area contributed by atoms with E-state index in [0.717, 1.165) is 0 Å². The van der Waals surface area contributed by atoms with Gasteiger partial charge in [0.05, 0.1) is 5.92 Å². The number of benzene rings is 2. The van der Waals surface area contributed by atoms with Crippen molar-refractivity contribution in [2.75, 3.05) is 6.54 Å². The van der Waals surface area contributed by atoms with Gasteiger partial charge in [-0.2, -0.15) is 0 Å². The van der Waals surface area contributed by atoms with Crippen LogP contribution < -0.4 is 4.74 Å². The van der Waals surface area contributed by atoms with Gasteiger partial charge in [0.15, 0.2) is 6.29 Å². The van der Waals surface area contributed by atoms with Gasteiger partial charge in [0.1, 0.15) is 11.5 Å². The van der Waals surface area contributed by atoms with Gasteiger partial charge in [0, 0.05) is 26.6 Å². The number of para-hydroxylation sites is 1. The molecule has 0 saturated heterocycles. The molecule has 0 fully saturated rings. The van der Waals surface area contributed by atoms with E-state index in [1.165, 1.54) is 0 Å². The zero-order valence-electron chi connectivity index (χ0n) is 11.9. The second kappa shape index (κ2) is 6.22. The molecule has 0 amide bonds. The summed E-state index contributed by atoms with van der Waals surface area (Å²) < 4.78 is 5.86. The Balaban J connectivity index is 2.16. The predicted molar refractivity (Wildman–Crippen MR) is 86.1 cm³/mol. The zero-order valence-corrected chi connectivity index (χ0v) is 12.7. The molecule has 0 radical (unpaired) electrons. The van der Waals surface area contributed by atoms with Crippen LogP contribution in [0.5, 0.6) is 5.75 Å². The fourth-order valence-electron chi connectivity index (χ4n) is 2.66. The SMILES string of the molecule is O=CC1=C(c2ccc(Cl)cc2)Oc2ccccc2[C@H]1C[N+](=O)[O-]. The van der Waals surface area contributed by atoms with Crippen molar-refractivity contribution in [3.05, 3.63) is 80.4 Å². The first-order valence-corrected chi connectivity index (χ1v) is 7.32. The average Bonchev–Trinajstić information content (AvgIpc) is 2.55. The minimum absolute atomic E-state index is 0.266. The molecule has 3 rings (SSSR count). The number of fused-ring (bicyclic) bond motifs is 1. The summed E-state index contributed by atoms with van der Waals surface area (Å²) >= 11 is 5.88. The predicted octanol–water partition coefficient (Wildman–Crippen LogP) is 3.70. The summed E-state index contributed by atoms with van der Waals surface area (Å²) in [6, 6.07) is 13.8. The Morgan fingerprint density at radius 1 is 1.17 bits per heavy atom. The van der Waals surface area contributed by atoms with E-state index in [4.69, 9.17) is 16.3 Å². The van der Waals surface area contributed by atoms with E-state index in [1.54, 1.807) is 48.5 Å². The molecule has 116 valence electrons. The molecule has 0 aromatic heterocycles. The van der Waals surface area contributed by atoms with Crippen molar-refractivity contribution in [1.29, 1.82) is 0 Å². The van der Waals surface area contributed by atoms with Crippen LogP contribution in [0.4, 0.5) is 0 Å². The Bertz CT molecular complexity index is 798. The number of carbonyl (C=O) groups is 1. The van der Waals surface area contributed by atoms with Crippen LogP contribution in [-0.2, 0) is 4.79 Å². The van der Waals surface area contributed by atoms with Crippen molar-refractivity contribution in [1.82, 2.24) is 0 Å². The third kappa shape index (κ3) is 2.96. The quantitative estimate of drug-likeness (QED) is 0.487. The molecule has 0 unspecified atom stereocenters. The number of hydrogen-bond acceptors (Lipinski definition) is 4. The van der Waals surface area contributed by atoms with Crippen LogP contribution in [0.15, 0.2) is 54.1 Å². The number of aldehydes is 1. The van der Waals surface area contributed by atoms with Crippen LogP contribution in [0.3, 0.4) is 0 Å². The van der Waals surface area contributed by atoms with Crippen LogP contribution >= 0.6 is 11.6 Å². The summed E-state index contributed by atoms with van der Waals surface area (Å²) in [5, 5.41) is 11.6. The summed E-state index contributed by atoms with van der Waals surface area (Å²) in [5.74, 6) is 0.218. The monoisotopic (exact) mass is 329 g/mol. The Labute approximate surface area is 137 Å². The first-order chi connectivity index (χ1) is 11.1. The summed E-state index contributed by atoms with van der Waals surface area (Å²) in [6.07, 6.45) is 0.633. The van der Waals surface area contributed by atoms with Gasteiger partial charge in [-0.05, 0) is 30.3 Å². The number of carbonyl (C=O) groups excluding carboxylic acids is 1. The Kier molecular flexibility index (Phi) is 4.12. The lowest BCUT2D eigenvalue weighted by Crippen LogP contribution is -2.22. The molecule has 5 nitrogen and oxygen atoms in total. The van der Waals surface area contributed by atoms with E-state index < -0.39 is 10.8 Å². The minimum Gasteiger partial charge on any atom is -0.456 e. The third-order valence-corrected chi connectivity index (χ3v) is 3.96. The molecule has 1 atom stereocenters. The van der Waals surface area contributed by atoms with Crippen molar-refractivity contribution in [2.45, 2.75) is 5.92 Å². The normalized spacial score (nSPS) is 16.5. The molecule has 1 aliphatic heterocycles. The molecule has 0 aliphatic carbocycles. The summed E-state index contributed by atoms with van der Waals surface area (Å²) in [4.78, 5) is 22.2. The van der Waals surface area contributed by atoms with Gasteiger partial charge in [0.25, 0.3) is 0 Å². The van der Waals surface area contributed by atoms with E-state index in [2.05, 4.69) is 0 Å². The summed E-state index contributed by atoms with van der Waals surface area (Å²) in [6.45, 7) is -0.370. The van der Waals surface area contributed by atoms with Crippen LogP contribution in [0.2, 0.25) is 5.02 Å². The van der Waals surface area contributed by atoms with Crippen molar-refractivity contribution in [3.63, 3.8) is 0 Å². The number of hydrogen-bond donors (Lipinski definition) is 0. The van der Waals surface area contributed by atoms with E-state index in [9.17, 15) is 14.9 Å². The van der Waals surface area contributed by atoms with E-state index >= 15 is 0 Å². The van der Waals surface area contributed by atoms with E-state index in [1.807, 2.05) is 0 Å². The minimum atomic E-state index is -0.641. The van der Waals surface area contributed by atoms with Crippen LogP contribution in [0.1, 0.15) is 17.0 Å². The van der Waals surface area contributed by atoms with Gasteiger partial charge < -0.3 is 4.74 Å². The molecular weight excluding hydrogens is 318 g/mol. The maximum atomic E-state index is 11.6. The topological polar surface area (TPSA) is 69.4 Å². The second-order valence-electron chi connectivity index (χ2n) is 5.12. The first-order valence-electron chi connectivity index (χ1n) is 6.94. The van der Waals surface area contributed by atoms with Crippen molar-refractivity contribution in [2.24, 2.45) is 0 Å². The number of nitrogens with zero attached hydrogens (tertiary/aromatic N) is 1. The smallest absolute Gasteiger partial charge is 0.215 e. The highest BCUT2D eigenvalue weighted by Crippen LogP contribution is 2.41. The van der Waals surface area contributed by atoms with Gasteiger partial charge in [-0.3, -0.25) is 14.9 Å². The van der Waals surface area contributed by atoms with Crippen molar-refractivity contribution in [3.8, 4) is 5.75 Å². The fraction of sp³-hybridized carbons (Fsp3) is 0.118.